The Hall–Kier alpha value is -7.64. The number of hydrogen-bond acceptors (Lipinski definition) is 15. The minimum Gasteiger partial charge on any atom is -0.455 e. The van der Waals surface area contributed by atoms with Crippen molar-refractivity contribution in [2.75, 3.05) is 31.5 Å². The summed E-state index contributed by atoms with van der Waals surface area (Å²) in [6, 6.07) is 28.7. The van der Waals surface area contributed by atoms with Crippen molar-refractivity contribution in [3.8, 4) is 39.8 Å². The number of nitrogens with one attached hydrogen (secondary N) is 4. The van der Waals surface area contributed by atoms with Gasteiger partial charge in [-0.25, -0.2) is 13.4 Å². The SMILES string of the molecule is CN1C(=O)C[C@H](C(=O)NCCOC2CCC(OCCCC(=O)NC3CCC(C(=O)NCc4cc(-c5cc(-c6ccccc6)ccc5Oc5ccc(S(=O)(=O)Nc6ncns6)cc5C#N)ccn4)CC3)CC2)[C@H]1c1cccnc1. The first kappa shape index (κ1) is 55.1. The number of nitriles is 1. The first-order chi connectivity index (χ1) is 37.9. The van der Waals surface area contributed by atoms with Gasteiger partial charge < -0.3 is 35.1 Å². The van der Waals surface area contributed by atoms with Crippen molar-refractivity contribution in [1.29, 1.82) is 5.26 Å². The number of pyridine rings is 2. The van der Waals surface area contributed by atoms with Gasteiger partial charge in [-0.2, -0.15) is 9.64 Å². The minimum atomic E-state index is -4.06. The molecule has 4 N–H and O–H groups in total. The second-order valence-corrected chi connectivity index (χ2v) is 22.2. The van der Waals surface area contributed by atoms with Gasteiger partial charge in [0.25, 0.3) is 10.0 Å². The van der Waals surface area contributed by atoms with Crippen LogP contribution in [-0.2, 0) is 45.2 Å². The van der Waals surface area contributed by atoms with Crippen LogP contribution in [0, 0.1) is 23.2 Å². The summed E-state index contributed by atoms with van der Waals surface area (Å²) in [4.78, 5) is 66.1. The van der Waals surface area contributed by atoms with E-state index >= 15 is 0 Å². The second kappa shape index (κ2) is 26.1. The Kier molecular flexibility index (Phi) is 18.5. The number of ether oxygens (including phenoxy) is 3. The van der Waals surface area contributed by atoms with Gasteiger partial charge in [0, 0.05) is 80.7 Å². The average Bonchev–Trinajstić information content (AvgIpc) is 4.13. The average molecular weight is 1100 g/mol. The highest BCUT2D eigenvalue weighted by atomic mass is 32.2. The van der Waals surface area contributed by atoms with Crippen LogP contribution in [-0.4, -0.2) is 101 Å². The van der Waals surface area contributed by atoms with Crippen molar-refractivity contribution < 1.29 is 41.8 Å². The maximum Gasteiger partial charge on any atom is 0.263 e. The van der Waals surface area contributed by atoms with Crippen LogP contribution in [0.4, 0.5) is 5.13 Å². The highest BCUT2D eigenvalue weighted by Crippen LogP contribution is 2.40. The zero-order chi connectivity index (χ0) is 54.4. The third-order valence-corrected chi connectivity index (χ3v) is 16.6. The Bertz CT molecular complexity index is 3180. The molecule has 6 aromatic rings. The van der Waals surface area contributed by atoms with Gasteiger partial charge in [0.15, 0.2) is 0 Å². The number of nitrogens with zero attached hydrogens (tertiary/aromatic N) is 6. The van der Waals surface area contributed by atoms with Gasteiger partial charge in [-0.05, 0) is 129 Å². The number of aromatic nitrogens is 4. The molecule has 1 aliphatic heterocycles. The lowest BCUT2D eigenvalue weighted by Crippen LogP contribution is -2.40. The van der Waals surface area contributed by atoms with Crippen LogP contribution in [0.2, 0.25) is 0 Å². The molecule has 21 heteroatoms. The summed E-state index contributed by atoms with van der Waals surface area (Å²) < 4.78 is 51.0. The number of anilines is 1. The fourth-order valence-electron chi connectivity index (χ4n) is 10.4. The maximum absolute atomic E-state index is 13.5. The van der Waals surface area contributed by atoms with Crippen LogP contribution in [0.25, 0.3) is 22.3 Å². The van der Waals surface area contributed by atoms with Crippen LogP contribution in [0.5, 0.6) is 11.5 Å². The van der Waals surface area contributed by atoms with E-state index in [0.717, 1.165) is 59.5 Å². The Morgan fingerprint density at radius 3 is 2.29 bits per heavy atom. The van der Waals surface area contributed by atoms with Gasteiger partial charge >= 0.3 is 0 Å². The number of likely N-dealkylation sites (tertiary alicyclic amines) is 1. The lowest BCUT2D eigenvalue weighted by molar-refractivity contribution is -0.128. The Labute approximate surface area is 457 Å². The standard InChI is InChI=1S/C57H62N10O9S2/c1-67-53(69)32-49(54(67)41-9-5-24-59-34-41)56(71)61-26-28-75-46-18-16-45(17-19-46)74-27-6-10-52(68)65-43-14-11-38(12-15-43)55(70)62-35-44-29-40(23-25-60-44)48-31-39(37-7-3-2-4-8-37)13-21-51(48)76-50-22-20-47(30-42(50)33-58)78(72,73)66-57-63-36-64-77-57/h2-5,7-9,13,20-25,29-31,34,36,38,43,45-46,49,54H,6,10-12,14-19,26-28,32,35H2,1H3,(H,61,71)(H,62,70)(H,65,68)(H,63,64,66)/t38?,43?,45?,46?,49-,54+/m0/s1. The minimum absolute atomic E-state index is 0.00352. The van der Waals surface area contributed by atoms with Crippen molar-refractivity contribution in [2.24, 2.45) is 11.8 Å². The predicted octanol–water partition coefficient (Wildman–Crippen LogP) is 7.88. The third kappa shape index (κ3) is 14.3. The summed E-state index contributed by atoms with van der Waals surface area (Å²) in [6.45, 7) is 1.44. The van der Waals surface area contributed by atoms with Crippen molar-refractivity contribution in [2.45, 2.75) is 106 Å². The summed E-state index contributed by atoms with van der Waals surface area (Å²) in [7, 11) is -2.34. The largest absolute Gasteiger partial charge is 0.455 e. The van der Waals surface area contributed by atoms with E-state index in [1.807, 2.05) is 66.7 Å². The Morgan fingerprint density at radius 2 is 1.56 bits per heavy atom. The molecule has 4 amide bonds. The van der Waals surface area contributed by atoms with Gasteiger partial charge in [-0.15, -0.1) is 0 Å². The van der Waals surface area contributed by atoms with Crippen LogP contribution in [0.15, 0.2) is 121 Å². The summed E-state index contributed by atoms with van der Waals surface area (Å²) in [5, 5.41) is 19.4. The topological polar surface area (TPSA) is 257 Å². The molecule has 3 aromatic carbocycles. The van der Waals surface area contributed by atoms with Gasteiger partial charge in [0.05, 0.1) is 53.5 Å². The molecule has 0 bridgehead atoms. The number of rotatable bonds is 22. The number of carbonyl (C=O) groups excluding carboxylic acids is 4. The van der Waals surface area contributed by atoms with Crippen molar-refractivity contribution >= 4 is 50.3 Å². The van der Waals surface area contributed by atoms with E-state index in [2.05, 4.69) is 46.1 Å². The van der Waals surface area contributed by atoms with E-state index in [9.17, 15) is 32.9 Å². The van der Waals surface area contributed by atoms with E-state index in [1.165, 1.54) is 24.5 Å². The van der Waals surface area contributed by atoms with E-state index in [4.69, 9.17) is 14.2 Å². The summed E-state index contributed by atoms with van der Waals surface area (Å²) in [5.74, 6) is -0.418. The van der Waals surface area contributed by atoms with E-state index in [-0.39, 0.29) is 88.1 Å². The number of benzene rings is 3. The number of sulfonamides is 1. The summed E-state index contributed by atoms with van der Waals surface area (Å²) >= 11 is 0.888. The molecule has 3 aromatic heterocycles. The molecule has 0 unspecified atom stereocenters. The van der Waals surface area contributed by atoms with Crippen LogP contribution in [0.1, 0.15) is 93.5 Å². The van der Waals surface area contributed by atoms with Crippen LogP contribution in [0.3, 0.4) is 0 Å². The number of amides is 4. The maximum atomic E-state index is 13.5. The predicted molar refractivity (Wildman–Crippen MR) is 291 cm³/mol. The molecule has 406 valence electrons. The molecule has 2 atom stereocenters. The highest BCUT2D eigenvalue weighted by molar-refractivity contribution is 7.93. The van der Waals surface area contributed by atoms with Crippen molar-refractivity contribution in [3.05, 3.63) is 133 Å². The van der Waals surface area contributed by atoms with Gasteiger partial charge in [0.2, 0.25) is 28.8 Å². The molecule has 2 saturated carbocycles. The quantitative estimate of drug-likeness (QED) is 0.0472. The smallest absolute Gasteiger partial charge is 0.263 e. The fourth-order valence-corrected chi connectivity index (χ4v) is 12.1. The monoisotopic (exact) mass is 1090 g/mol. The van der Waals surface area contributed by atoms with E-state index in [0.29, 0.717) is 75.3 Å². The lowest BCUT2D eigenvalue weighted by Gasteiger charge is -2.29. The molecule has 3 aliphatic rings. The number of carbonyl (C=O) groups is 4. The molecule has 2 aliphatic carbocycles. The highest BCUT2D eigenvalue weighted by Gasteiger charge is 2.42. The van der Waals surface area contributed by atoms with Crippen molar-refractivity contribution in [1.82, 2.24) is 40.2 Å². The van der Waals surface area contributed by atoms with Gasteiger partial charge in [-0.3, -0.25) is 33.9 Å². The first-order valence-corrected chi connectivity index (χ1v) is 28.6. The first-order valence-electron chi connectivity index (χ1n) is 26.3. The molecular formula is C57H62N10O9S2. The zero-order valence-corrected chi connectivity index (χ0v) is 44.8. The van der Waals surface area contributed by atoms with Crippen LogP contribution >= 0.6 is 11.5 Å². The van der Waals surface area contributed by atoms with Crippen molar-refractivity contribution in [3.63, 3.8) is 0 Å². The van der Waals surface area contributed by atoms with Gasteiger partial charge in [-0.1, -0.05) is 42.5 Å². The fraction of sp³-hybridized carbons (Fsp3) is 0.386. The Balaban J connectivity index is 0.685. The number of hydrogen-bond donors (Lipinski definition) is 4. The molecule has 0 radical (unpaired) electrons. The molecule has 0 spiro atoms. The molecule has 19 nitrogen and oxygen atoms in total. The normalized spacial score (nSPS) is 20.3. The molecule has 1 saturated heterocycles. The lowest BCUT2D eigenvalue weighted by atomic mass is 9.85. The summed E-state index contributed by atoms with van der Waals surface area (Å²) in [6.07, 6.45) is 13.7. The van der Waals surface area contributed by atoms with E-state index < -0.39 is 15.9 Å². The second-order valence-electron chi connectivity index (χ2n) is 19.8. The third-order valence-electron chi connectivity index (χ3n) is 14.5. The molecule has 3 fully saturated rings. The Morgan fingerprint density at radius 1 is 0.795 bits per heavy atom. The molecule has 4 heterocycles. The zero-order valence-electron chi connectivity index (χ0n) is 43.2. The van der Waals surface area contributed by atoms with Crippen LogP contribution < -0.4 is 25.4 Å². The van der Waals surface area contributed by atoms with E-state index in [1.54, 1.807) is 36.6 Å². The summed E-state index contributed by atoms with van der Waals surface area (Å²) in [5.41, 5.74) is 4.79. The molecular weight excluding hydrogens is 1030 g/mol. The van der Waals surface area contributed by atoms with Gasteiger partial charge in [0.1, 0.15) is 23.9 Å². The molecule has 9 rings (SSSR count). The molecule has 78 heavy (non-hydrogen) atoms.